The molecule has 0 bridgehead atoms. The van der Waals surface area contributed by atoms with Crippen LogP contribution in [0.2, 0.25) is 5.02 Å². The number of benzene rings is 1. The quantitative estimate of drug-likeness (QED) is 0.855. The zero-order valence-corrected chi connectivity index (χ0v) is 12.9. The van der Waals surface area contributed by atoms with Crippen LogP contribution in [-0.4, -0.2) is 42.8 Å². The smallest absolute Gasteiger partial charge is 0.246 e. The van der Waals surface area contributed by atoms with E-state index in [2.05, 4.69) is 0 Å². The van der Waals surface area contributed by atoms with Crippen molar-refractivity contribution in [3.8, 4) is 0 Å². The Hall–Kier alpha value is -1.02. The lowest BCUT2D eigenvalue weighted by molar-refractivity contribution is 0.0126. The van der Waals surface area contributed by atoms with Gasteiger partial charge in [0, 0.05) is 18.7 Å². The molecule has 1 aliphatic rings. The molecule has 0 unspecified atom stereocenters. The fourth-order valence-corrected chi connectivity index (χ4v) is 3.90. The van der Waals surface area contributed by atoms with E-state index in [0.717, 1.165) is 16.4 Å². The first-order valence-electron chi connectivity index (χ1n) is 6.34. The SMILES string of the molecule is CC1(O)CCN(S(=O)(=O)c2cc(C=O)c(Cl)cc2F)CC1. The summed E-state index contributed by atoms with van der Waals surface area (Å²) >= 11 is 5.66. The van der Waals surface area contributed by atoms with Crippen molar-refractivity contribution in [2.24, 2.45) is 0 Å². The highest BCUT2D eigenvalue weighted by Gasteiger charge is 2.35. The van der Waals surface area contributed by atoms with Crippen molar-refractivity contribution in [1.29, 1.82) is 0 Å². The van der Waals surface area contributed by atoms with E-state index in [1.165, 1.54) is 0 Å². The van der Waals surface area contributed by atoms with E-state index in [0.29, 0.717) is 6.29 Å². The Labute approximate surface area is 127 Å². The number of piperidine rings is 1. The predicted octanol–water partition coefficient (Wildman–Crippen LogP) is 1.83. The highest BCUT2D eigenvalue weighted by Crippen LogP contribution is 2.29. The maximum Gasteiger partial charge on any atom is 0.246 e. The van der Waals surface area contributed by atoms with Crippen LogP contribution in [0, 0.1) is 5.82 Å². The summed E-state index contributed by atoms with van der Waals surface area (Å²) in [6.07, 6.45) is 0.908. The van der Waals surface area contributed by atoms with Crippen LogP contribution in [0.1, 0.15) is 30.1 Å². The first-order chi connectivity index (χ1) is 9.67. The Balaban J connectivity index is 2.39. The molecule has 21 heavy (non-hydrogen) atoms. The molecule has 0 spiro atoms. The maximum absolute atomic E-state index is 13.9. The molecule has 0 aliphatic carbocycles. The molecule has 0 aromatic heterocycles. The second-order valence-corrected chi connectivity index (χ2v) is 7.64. The number of hydrogen-bond acceptors (Lipinski definition) is 4. The number of aliphatic hydroxyl groups is 1. The van der Waals surface area contributed by atoms with Crippen molar-refractivity contribution in [3.05, 3.63) is 28.5 Å². The summed E-state index contributed by atoms with van der Waals surface area (Å²) in [7, 11) is -4.06. The molecule has 116 valence electrons. The van der Waals surface area contributed by atoms with Crippen LogP contribution in [0.5, 0.6) is 0 Å². The fourth-order valence-electron chi connectivity index (χ4n) is 2.18. The molecule has 1 fully saturated rings. The van der Waals surface area contributed by atoms with Gasteiger partial charge in [-0.05, 0) is 31.9 Å². The van der Waals surface area contributed by atoms with Crippen LogP contribution < -0.4 is 0 Å². The monoisotopic (exact) mass is 335 g/mol. The summed E-state index contributed by atoms with van der Waals surface area (Å²) in [4.78, 5) is 10.3. The van der Waals surface area contributed by atoms with E-state index < -0.39 is 26.3 Å². The topological polar surface area (TPSA) is 74.7 Å². The number of carbonyl (C=O) groups is 1. The van der Waals surface area contributed by atoms with Gasteiger partial charge in [-0.25, -0.2) is 12.8 Å². The molecule has 1 aromatic rings. The summed E-state index contributed by atoms with van der Waals surface area (Å²) in [6, 6.07) is 1.75. The van der Waals surface area contributed by atoms with Gasteiger partial charge in [0.2, 0.25) is 10.0 Å². The van der Waals surface area contributed by atoms with E-state index in [9.17, 15) is 22.7 Å². The molecular formula is C13H15ClFNO4S. The second-order valence-electron chi connectivity index (χ2n) is 5.32. The van der Waals surface area contributed by atoms with Crippen LogP contribution in [0.15, 0.2) is 17.0 Å². The first-order valence-corrected chi connectivity index (χ1v) is 8.16. The third-order valence-electron chi connectivity index (χ3n) is 3.60. The summed E-state index contributed by atoms with van der Waals surface area (Å²) in [5.74, 6) is -0.997. The molecule has 0 amide bonds. The molecule has 1 N–H and O–H groups in total. The number of sulfonamides is 1. The average molecular weight is 336 g/mol. The van der Waals surface area contributed by atoms with Crippen LogP contribution in [0.4, 0.5) is 4.39 Å². The number of hydrogen-bond donors (Lipinski definition) is 1. The fraction of sp³-hybridized carbons (Fsp3) is 0.462. The van der Waals surface area contributed by atoms with E-state index in [1.54, 1.807) is 6.92 Å². The van der Waals surface area contributed by atoms with E-state index in [-0.39, 0.29) is 36.5 Å². The van der Waals surface area contributed by atoms with Gasteiger partial charge in [-0.3, -0.25) is 4.79 Å². The molecule has 0 saturated carbocycles. The van der Waals surface area contributed by atoms with Gasteiger partial charge in [0.25, 0.3) is 0 Å². The van der Waals surface area contributed by atoms with Gasteiger partial charge >= 0.3 is 0 Å². The Morgan fingerprint density at radius 2 is 1.95 bits per heavy atom. The number of rotatable bonds is 3. The van der Waals surface area contributed by atoms with Crippen LogP contribution >= 0.6 is 11.6 Å². The van der Waals surface area contributed by atoms with E-state index in [4.69, 9.17) is 11.6 Å². The van der Waals surface area contributed by atoms with Crippen LogP contribution in [-0.2, 0) is 10.0 Å². The normalized spacial score (nSPS) is 19.4. The van der Waals surface area contributed by atoms with Gasteiger partial charge in [-0.2, -0.15) is 4.31 Å². The van der Waals surface area contributed by atoms with Gasteiger partial charge in [0.15, 0.2) is 6.29 Å². The standard InChI is InChI=1S/C13H15ClFNO4S/c1-13(18)2-4-16(5-3-13)21(19,20)12-6-9(8-17)10(14)7-11(12)15/h6-8,18H,2-5H2,1H3. The summed E-state index contributed by atoms with van der Waals surface area (Å²) in [5, 5.41) is 9.71. The predicted molar refractivity (Wildman–Crippen MR) is 75.4 cm³/mol. The third-order valence-corrected chi connectivity index (χ3v) is 5.84. The lowest BCUT2D eigenvalue weighted by Crippen LogP contribution is -2.45. The maximum atomic E-state index is 13.9. The first kappa shape index (κ1) is 16.4. The highest BCUT2D eigenvalue weighted by atomic mass is 35.5. The molecular weight excluding hydrogens is 321 g/mol. The van der Waals surface area contributed by atoms with Gasteiger partial charge in [0.05, 0.1) is 10.6 Å². The van der Waals surface area contributed by atoms with Crippen molar-refractivity contribution in [1.82, 2.24) is 4.31 Å². The van der Waals surface area contributed by atoms with Crippen molar-refractivity contribution in [2.45, 2.75) is 30.3 Å². The summed E-state index contributed by atoms with van der Waals surface area (Å²) in [6.45, 7) is 1.81. The van der Waals surface area contributed by atoms with E-state index in [1.807, 2.05) is 0 Å². The minimum Gasteiger partial charge on any atom is -0.390 e. The highest BCUT2D eigenvalue weighted by molar-refractivity contribution is 7.89. The molecule has 2 rings (SSSR count). The summed E-state index contributed by atoms with van der Waals surface area (Å²) in [5.41, 5.74) is -1.00. The Morgan fingerprint density at radius 1 is 1.38 bits per heavy atom. The number of halogens is 2. The van der Waals surface area contributed by atoms with Crippen molar-refractivity contribution in [2.75, 3.05) is 13.1 Å². The molecule has 1 aromatic carbocycles. The zero-order chi connectivity index (χ0) is 15.8. The lowest BCUT2D eigenvalue weighted by Gasteiger charge is -2.35. The van der Waals surface area contributed by atoms with Gasteiger partial charge in [-0.1, -0.05) is 11.6 Å². The zero-order valence-electron chi connectivity index (χ0n) is 11.3. The van der Waals surface area contributed by atoms with Crippen LogP contribution in [0.25, 0.3) is 0 Å². The molecule has 8 heteroatoms. The largest absolute Gasteiger partial charge is 0.390 e. The van der Waals surface area contributed by atoms with Gasteiger partial charge in [-0.15, -0.1) is 0 Å². The van der Waals surface area contributed by atoms with Gasteiger partial charge < -0.3 is 5.11 Å². The van der Waals surface area contributed by atoms with Crippen molar-refractivity contribution in [3.63, 3.8) is 0 Å². The van der Waals surface area contributed by atoms with E-state index >= 15 is 0 Å². The molecule has 0 radical (unpaired) electrons. The van der Waals surface area contributed by atoms with Crippen LogP contribution in [0.3, 0.4) is 0 Å². The lowest BCUT2D eigenvalue weighted by atomic mass is 9.95. The molecule has 1 aliphatic heterocycles. The number of aldehydes is 1. The third kappa shape index (κ3) is 3.26. The Kier molecular flexibility index (Phi) is 4.39. The number of nitrogens with zero attached hydrogens (tertiary/aromatic N) is 1. The average Bonchev–Trinajstić information content (AvgIpc) is 2.38. The van der Waals surface area contributed by atoms with Crippen molar-refractivity contribution < 1.29 is 22.7 Å². The summed E-state index contributed by atoms with van der Waals surface area (Å²) < 4.78 is 39.9. The molecule has 0 atom stereocenters. The minimum absolute atomic E-state index is 0.0827. The van der Waals surface area contributed by atoms with Gasteiger partial charge in [0.1, 0.15) is 10.7 Å². The van der Waals surface area contributed by atoms with Crippen molar-refractivity contribution >= 4 is 27.9 Å². The molecule has 1 heterocycles. The Bertz CT molecular complexity index is 665. The minimum atomic E-state index is -4.06. The molecule has 5 nitrogen and oxygen atoms in total. The number of carbonyl (C=O) groups excluding carboxylic acids is 1. The Morgan fingerprint density at radius 3 is 2.48 bits per heavy atom. The second kappa shape index (κ2) is 5.64. The molecule has 1 saturated heterocycles.